The van der Waals surface area contributed by atoms with Gasteiger partial charge in [-0.3, -0.25) is 0 Å². The van der Waals surface area contributed by atoms with E-state index in [1.54, 1.807) is 6.08 Å². The number of alkyl halides is 1. The number of rotatable bonds is 5. The number of carboxylic acid groups (broad SMARTS) is 1. The fourth-order valence-corrected chi connectivity index (χ4v) is 5.55. The molecule has 29 heavy (non-hydrogen) atoms. The van der Waals surface area contributed by atoms with Gasteiger partial charge in [-0.2, -0.15) is 0 Å². The van der Waals surface area contributed by atoms with Crippen molar-refractivity contribution in [2.45, 2.75) is 71.1 Å². The molecule has 3 aliphatic rings. The van der Waals surface area contributed by atoms with Crippen molar-refractivity contribution in [1.82, 2.24) is 0 Å². The van der Waals surface area contributed by atoms with Crippen LogP contribution in [0.5, 0.6) is 0 Å². The molecule has 5 unspecified atom stereocenters. The molecule has 2 saturated carbocycles. The van der Waals surface area contributed by atoms with E-state index in [2.05, 4.69) is 32.6 Å². The predicted molar refractivity (Wildman–Crippen MR) is 114 cm³/mol. The summed E-state index contributed by atoms with van der Waals surface area (Å²) in [5.74, 6) is -0.140. The number of carboxylic acids is 1. The highest BCUT2D eigenvalue weighted by molar-refractivity contribution is 5.79. The highest BCUT2D eigenvalue weighted by Crippen LogP contribution is 2.56. The molecule has 0 aliphatic heterocycles. The molecule has 2 N–H and O–H groups in total. The second-order valence-corrected chi connectivity index (χ2v) is 9.12. The summed E-state index contributed by atoms with van der Waals surface area (Å²) in [5, 5.41) is 18.7. The zero-order valence-electron chi connectivity index (χ0n) is 17.5. The van der Waals surface area contributed by atoms with Crippen molar-refractivity contribution >= 4 is 5.97 Å². The van der Waals surface area contributed by atoms with Crippen molar-refractivity contribution in [2.75, 3.05) is 0 Å². The van der Waals surface area contributed by atoms with Crippen molar-refractivity contribution in [2.24, 2.45) is 17.3 Å². The first kappa shape index (κ1) is 21.8. The van der Waals surface area contributed by atoms with Crippen LogP contribution in [0.15, 0.2) is 59.3 Å². The van der Waals surface area contributed by atoms with E-state index in [1.165, 1.54) is 17.2 Å². The van der Waals surface area contributed by atoms with E-state index in [9.17, 15) is 14.3 Å². The van der Waals surface area contributed by atoms with Crippen LogP contribution in [-0.4, -0.2) is 28.5 Å². The minimum absolute atomic E-state index is 0.102. The molecule has 0 heterocycles. The van der Waals surface area contributed by atoms with Gasteiger partial charge in [0.05, 0.1) is 6.10 Å². The van der Waals surface area contributed by atoms with Crippen molar-refractivity contribution in [3.8, 4) is 0 Å². The largest absolute Gasteiger partial charge is 0.478 e. The van der Waals surface area contributed by atoms with Gasteiger partial charge in [-0.25, -0.2) is 9.18 Å². The van der Waals surface area contributed by atoms with Gasteiger partial charge in [-0.1, -0.05) is 55.9 Å². The smallest absolute Gasteiger partial charge is 0.327 e. The molecular formula is C25H33FO3. The van der Waals surface area contributed by atoms with E-state index < -0.39 is 18.2 Å². The quantitative estimate of drug-likeness (QED) is 0.460. The third-order valence-electron chi connectivity index (χ3n) is 7.12. The van der Waals surface area contributed by atoms with E-state index in [-0.39, 0.29) is 11.8 Å². The average molecular weight is 401 g/mol. The van der Waals surface area contributed by atoms with Crippen LogP contribution in [0.1, 0.15) is 58.8 Å². The summed E-state index contributed by atoms with van der Waals surface area (Å²) in [6, 6.07) is 0. The van der Waals surface area contributed by atoms with Gasteiger partial charge < -0.3 is 10.2 Å². The first-order valence-corrected chi connectivity index (χ1v) is 10.7. The van der Waals surface area contributed by atoms with Crippen molar-refractivity contribution < 1.29 is 19.4 Å². The highest BCUT2D eigenvalue weighted by Gasteiger charge is 2.45. The Balaban J connectivity index is 1.76. The molecule has 4 heteroatoms. The van der Waals surface area contributed by atoms with Crippen LogP contribution >= 0.6 is 0 Å². The summed E-state index contributed by atoms with van der Waals surface area (Å²) in [4.78, 5) is 10.7. The standard InChI is InChI=1S/C25H33FO3/c1-16(6-4-8-24(28)29)21-11-12-22-18(7-5-13-25(21,22)3)9-10-19-14-20(27)15-23(26)17(19)2/h4,8-11,16,20,22-23,27H,2,5-7,12-15H2,1,3H3,(H,28,29)/b8-4+,18-9+,19-10-. The number of aliphatic hydroxyl groups excluding tert-OH is 1. The molecule has 3 rings (SSSR count). The summed E-state index contributed by atoms with van der Waals surface area (Å²) in [6.07, 6.45) is 13.4. The molecular weight excluding hydrogens is 367 g/mol. The van der Waals surface area contributed by atoms with Crippen LogP contribution in [0.25, 0.3) is 0 Å². The van der Waals surface area contributed by atoms with E-state index >= 15 is 0 Å². The van der Waals surface area contributed by atoms with Crippen LogP contribution in [0.2, 0.25) is 0 Å². The van der Waals surface area contributed by atoms with Crippen LogP contribution in [0.3, 0.4) is 0 Å². The monoisotopic (exact) mass is 400 g/mol. The molecule has 158 valence electrons. The van der Waals surface area contributed by atoms with E-state index in [1.807, 2.05) is 6.08 Å². The maximum atomic E-state index is 14.0. The number of carbonyl (C=O) groups is 1. The second kappa shape index (κ2) is 8.83. The summed E-state index contributed by atoms with van der Waals surface area (Å²) >= 11 is 0. The minimum atomic E-state index is -1.15. The third-order valence-corrected chi connectivity index (χ3v) is 7.12. The predicted octanol–water partition coefficient (Wildman–Crippen LogP) is 5.69. The summed E-state index contributed by atoms with van der Waals surface area (Å²) in [7, 11) is 0. The van der Waals surface area contributed by atoms with Crippen molar-refractivity contribution in [3.05, 3.63) is 59.3 Å². The van der Waals surface area contributed by atoms with Crippen LogP contribution in [0, 0.1) is 17.3 Å². The molecule has 0 aromatic rings. The van der Waals surface area contributed by atoms with Gasteiger partial charge in [-0.05, 0) is 66.9 Å². The minimum Gasteiger partial charge on any atom is -0.478 e. The summed E-state index contributed by atoms with van der Waals surface area (Å²) < 4.78 is 14.0. The molecule has 3 aliphatic carbocycles. The third kappa shape index (κ3) is 4.63. The van der Waals surface area contributed by atoms with Gasteiger partial charge in [0.1, 0.15) is 6.17 Å². The Morgan fingerprint density at radius 2 is 2.21 bits per heavy atom. The number of allylic oxidation sites excluding steroid dienone is 7. The number of hydrogen-bond acceptors (Lipinski definition) is 2. The van der Waals surface area contributed by atoms with Gasteiger partial charge in [0.2, 0.25) is 0 Å². The lowest BCUT2D eigenvalue weighted by atomic mass is 9.62. The lowest BCUT2D eigenvalue weighted by Crippen LogP contribution is -2.32. The fraction of sp³-hybridized carbons (Fsp3) is 0.560. The Kier molecular flexibility index (Phi) is 6.62. The second-order valence-electron chi connectivity index (χ2n) is 9.12. The fourth-order valence-electron chi connectivity index (χ4n) is 5.55. The molecule has 0 radical (unpaired) electrons. The Morgan fingerprint density at radius 1 is 1.45 bits per heavy atom. The van der Waals surface area contributed by atoms with Crippen molar-refractivity contribution in [3.63, 3.8) is 0 Å². The normalized spacial score (nSPS) is 36.5. The average Bonchev–Trinajstić information content (AvgIpc) is 3.00. The molecule has 5 atom stereocenters. The molecule has 2 fully saturated rings. The Labute approximate surface area is 173 Å². The number of halogens is 1. The highest BCUT2D eigenvalue weighted by atomic mass is 19.1. The Hall–Kier alpha value is -1.94. The number of hydrogen-bond donors (Lipinski definition) is 2. The molecule has 0 bridgehead atoms. The van der Waals surface area contributed by atoms with Crippen LogP contribution in [0.4, 0.5) is 4.39 Å². The van der Waals surface area contributed by atoms with Crippen LogP contribution in [-0.2, 0) is 4.79 Å². The summed E-state index contributed by atoms with van der Waals surface area (Å²) in [6.45, 7) is 8.41. The molecule has 0 aromatic heterocycles. The topological polar surface area (TPSA) is 57.5 Å². The van der Waals surface area contributed by atoms with Gasteiger partial charge in [0.15, 0.2) is 0 Å². The van der Waals surface area contributed by atoms with Crippen LogP contribution < -0.4 is 0 Å². The lowest BCUT2D eigenvalue weighted by molar-refractivity contribution is -0.131. The maximum absolute atomic E-state index is 14.0. The molecule has 0 amide bonds. The molecule has 0 saturated heterocycles. The van der Waals surface area contributed by atoms with E-state index in [0.29, 0.717) is 23.8 Å². The molecule has 0 aromatic carbocycles. The Bertz CT molecular complexity index is 788. The van der Waals surface area contributed by atoms with Crippen molar-refractivity contribution in [1.29, 1.82) is 0 Å². The number of aliphatic carboxylic acids is 1. The van der Waals surface area contributed by atoms with Gasteiger partial charge >= 0.3 is 5.97 Å². The van der Waals surface area contributed by atoms with Gasteiger partial charge in [-0.15, -0.1) is 0 Å². The number of fused-ring (bicyclic) bond motifs is 1. The van der Waals surface area contributed by atoms with Gasteiger partial charge in [0, 0.05) is 12.5 Å². The lowest BCUT2D eigenvalue weighted by Gasteiger charge is -2.42. The SMILES string of the molecule is C=C1/C(=C\C=C2/CCCC3(C)C(C(C)C/C=C/C(=O)O)=CCC23)CC(O)CC1F. The first-order chi connectivity index (χ1) is 13.7. The zero-order valence-corrected chi connectivity index (χ0v) is 17.5. The Morgan fingerprint density at radius 3 is 2.93 bits per heavy atom. The molecule has 0 spiro atoms. The van der Waals surface area contributed by atoms with E-state index in [4.69, 9.17) is 5.11 Å². The van der Waals surface area contributed by atoms with Gasteiger partial charge in [0.25, 0.3) is 0 Å². The zero-order chi connectivity index (χ0) is 21.2. The maximum Gasteiger partial charge on any atom is 0.327 e. The summed E-state index contributed by atoms with van der Waals surface area (Å²) in [5.41, 5.74) is 4.28. The first-order valence-electron chi connectivity index (χ1n) is 10.7. The van der Waals surface area contributed by atoms with E-state index in [0.717, 1.165) is 37.7 Å². The number of aliphatic hydroxyl groups is 1. The molecule has 3 nitrogen and oxygen atoms in total.